The Kier molecular flexibility index (Phi) is 7.27. The standard InChI is InChI=1S/C27H24N2O4/c1-17-13-18(2)25(19(3)14-17)29-26(30)22(16-28)15-20-5-9-24(10-6-20)33-27(31)21-7-11-23(32-4)12-8-21/h5-15H,1-4H3,(H,29,30). The summed E-state index contributed by atoms with van der Waals surface area (Å²) in [5.74, 6) is 0.0130. The first-order valence-electron chi connectivity index (χ1n) is 10.3. The summed E-state index contributed by atoms with van der Waals surface area (Å²) in [6.45, 7) is 5.82. The largest absolute Gasteiger partial charge is 0.497 e. The molecule has 0 aromatic heterocycles. The topological polar surface area (TPSA) is 88.4 Å². The van der Waals surface area contributed by atoms with Crippen LogP contribution in [0.4, 0.5) is 5.69 Å². The smallest absolute Gasteiger partial charge is 0.343 e. The van der Waals surface area contributed by atoms with Crippen LogP contribution in [-0.2, 0) is 4.79 Å². The lowest BCUT2D eigenvalue weighted by molar-refractivity contribution is -0.112. The summed E-state index contributed by atoms with van der Waals surface area (Å²) in [6, 6.07) is 19.1. The summed E-state index contributed by atoms with van der Waals surface area (Å²) < 4.78 is 10.5. The van der Waals surface area contributed by atoms with Gasteiger partial charge in [-0.3, -0.25) is 4.79 Å². The lowest BCUT2D eigenvalue weighted by Crippen LogP contribution is -2.15. The van der Waals surface area contributed by atoms with E-state index in [0.29, 0.717) is 28.3 Å². The minimum atomic E-state index is -0.498. The van der Waals surface area contributed by atoms with Gasteiger partial charge in [-0.2, -0.15) is 5.26 Å². The van der Waals surface area contributed by atoms with Crippen molar-refractivity contribution in [2.24, 2.45) is 0 Å². The van der Waals surface area contributed by atoms with E-state index < -0.39 is 11.9 Å². The number of nitrogens with zero attached hydrogens (tertiary/aromatic N) is 1. The first kappa shape index (κ1) is 23.3. The normalized spacial score (nSPS) is 10.8. The molecule has 1 N–H and O–H groups in total. The van der Waals surface area contributed by atoms with Gasteiger partial charge in [0.15, 0.2) is 0 Å². The molecule has 0 aliphatic heterocycles. The molecular formula is C27H24N2O4. The Morgan fingerprint density at radius 2 is 1.48 bits per heavy atom. The number of carbonyl (C=O) groups excluding carboxylic acids is 2. The number of nitrogens with one attached hydrogen (secondary N) is 1. The van der Waals surface area contributed by atoms with Crippen LogP contribution in [0.5, 0.6) is 11.5 Å². The molecule has 3 rings (SSSR count). The first-order valence-corrected chi connectivity index (χ1v) is 10.3. The number of rotatable bonds is 6. The Labute approximate surface area is 193 Å². The van der Waals surface area contributed by atoms with Crippen molar-refractivity contribution in [3.8, 4) is 17.6 Å². The van der Waals surface area contributed by atoms with Crippen LogP contribution in [0.25, 0.3) is 6.08 Å². The zero-order valence-corrected chi connectivity index (χ0v) is 18.9. The molecule has 3 aromatic rings. The highest BCUT2D eigenvalue weighted by atomic mass is 16.5. The predicted octanol–water partition coefficient (Wildman–Crippen LogP) is 5.39. The average Bonchev–Trinajstić information content (AvgIpc) is 2.80. The highest BCUT2D eigenvalue weighted by molar-refractivity contribution is 6.10. The Balaban J connectivity index is 1.71. The quantitative estimate of drug-likeness (QED) is 0.240. The van der Waals surface area contributed by atoms with Gasteiger partial charge in [-0.15, -0.1) is 0 Å². The molecule has 0 bridgehead atoms. The van der Waals surface area contributed by atoms with Crippen molar-refractivity contribution in [1.82, 2.24) is 0 Å². The second kappa shape index (κ2) is 10.3. The number of methoxy groups -OCH3 is 1. The monoisotopic (exact) mass is 440 g/mol. The van der Waals surface area contributed by atoms with Crippen LogP contribution in [0.1, 0.15) is 32.6 Å². The maximum Gasteiger partial charge on any atom is 0.343 e. The summed E-state index contributed by atoms with van der Waals surface area (Å²) >= 11 is 0. The number of benzene rings is 3. The summed E-state index contributed by atoms with van der Waals surface area (Å²) in [5, 5.41) is 12.3. The van der Waals surface area contributed by atoms with Gasteiger partial charge in [0, 0.05) is 5.69 Å². The molecule has 166 valence electrons. The number of carbonyl (C=O) groups is 2. The van der Waals surface area contributed by atoms with Gasteiger partial charge in [-0.25, -0.2) is 4.79 Å². The molecule has 0 aliphatic carbocycles. The number of esters is 1. The highest BCUT2D eigenvalue weighted by Crippen LogP contribution is 2.23. The van der Waals surface area contributed by atoms with Crippen molar-refractivity contribution in [2.75, 3.05) is 12.4 Å². The van der Waals surface area contributed by atoms with E-state index in [1.54, 1.807) is 55.6 Å². The van der Waals surface area contributed by atoms with Crippen LogP contribution >= 0.6 is 0 Å². The van der Waals surface area contributed by atoms with Crippen LogP contribution in [0.3, 0.4) is 0 Å². The van der Waals surface area contributed by atoms with Gasteiger partial charge in [0.1, 0.15) is 23.1 Å². The van der Waals surface area contributed by atoms with E-state index in [1.807, 2.05) is 39.0 Å². The van der Waals surface area contributed by atoms with E-state index in [9.17, 15) is 14.9 Å². The molecule has 0 aliphatic rings. The molecule has 0 radical (unpaired) electrons. The van der Waals surface area contributed by atoms with E-state index in [0.717, 1.165) is 16.7 Å². The van der Waals surface area contributed by atoms with Crippen LogP contribution in [-0.4, -0.2) is 19.0 Å². The number of anilines is 1. The number of amides is 1. The Bertz CT molecular complexity index is 1230. The number of hydrogen-bond acceptors (Lipinski definition) is 5. The summed E-state index contributed by atoms with van der Waals surface area (Å²) in [6.07, 6.45) is 1.49. The Morgan fingerprint density at radius 1 is 0.909 bits per heavy atom. The molecule has 0 fully saturated rings. The summed E-state index contributed by atoms with van der Waals surface area (Å²) in [5.41, 5.74) is 4.66. The predicted molar refractivity (Wildman–Crippen MR) is 127 cm³/mol. The Hall–Kier alpha value is -4.37. The molecule has 6 nitrogen and oxygen atoms in total. The Morgan fingerprint density at radius 3 is 2.03 bits per heavy atom. The zero-order chi connectivity index (χ0) is 24.0. The van der Waals surface area contributed by atoms with E-state index in [2.05, 4.69) is 5.32 Å². The minimum absolute atomic E-state index is 0.0302. The van der Waals surface area contributed by atoms with Crippen molar-refractivity contribution >= 4 is 23.6 Å². The van der Waals surface area contributed by atoms with Crippen molar-refractivity contribution in [3.63, 3.8) is 0 Å². The minimum Gasteiger partial charge on any atom is -0.497 e. The van der Waals surface area contributed by atoms with Crippen LogP contribution in [0.15, 0.2) is 66.2 Å². The van der Waals surface area contributed by atoms with Gasteiger partial charge in [-0.1, -0.05) is 29.8 Å². The van der Waals surface area contributed by atoms with E-state index in [1.165, 1.54) is 6.08 Å². The summed E-state index contributed by atoms with van der Waals surface area (Å²) in [4.78, 5) is 25.0. The van der Waals surface area contributed by atoms with Gasteiger partial charge in [0.2, 0.25) is 0 Å². The van der Waals surface area contributed by atoms with Crippen molar-refractivity contribution in [1.29, 1.82) is 5.26 Å². The molecule has 33 heavy (non-hydrogen) atoms. The molecule has 0 spiro atoms. The number of nitriles is 1. The van der Waals surface area contributed by atoms with E-state index >= 15 is 0 Å². The van der Waals surface area contributed by atoms with Gasteiger partial charge in [0.25, 0.3) is 5.91 Å². The maximum absolute atomic E-state index is 12.7. The molecule has 0 saturated carbocycles. The number of hydrogen-bond donors (Lipinski definition) is 1. The molecule has 3 aromatic carbocycles. The second-order valence-electron chi connectivity index (χ2n) is 7.58. The first-order chi connectivity index (χ1) is 15.8. The summed E-state index contributed by atoms with van der Waals surface area (Å²) in [7, 11) is 1.55. The van der Waals surface area contributed by atoms with Crippen LogP contribution < -0.4 is 14.8 Å². The van der Waals surface area contributed by atoms with Gasteiger partial charge < -0.3 is 14.8 Å². The third kappa shape index (κ3) is 5.86. The molecule has 0 unspecified atom stereocenters. The molecule has 1 amide bonds. The van der Waals surface area contributed by atoms with Gasteiger partial charge in [-0.05, 0) is 79.9 Å². The fourth-order valence-corrected chi connectivity index (χ4v) is 3.40. The van der Waals surface area contributed by atoms with Crippen LogP contribution in [0.2, 0.25) is 0 Å². The van der Waals surface area contributed by atoms with Crippen molar-refractivity contribution in [2.45, 2.75) is 20.8 Å². The second-order valence-corrected chi connectivity index (χ2v) is 7.58. The third-order valence-electron chi connectivity index (χ3n) is 5.01. The van der Waals surface area contributed by atoms with Crippen LogP contribution in [0, 0.1) is 32.1 Å². The SMILES string of the molecule is COc1ccc(C(=O)Oc2ccc(C=C(C#N)C(=O)Nc3c(C)cc(C)cc3C)cc2)cc1. The lowest BCUT2D eigenvalue weighted by atomic mass is 10.0. The fraction of sp³-hybridized carbons (Fsp3) is 0.148. The number of ether oxygens (including phenoxy) is 2. The number of aryl methyl sites for hydroxylation is 3. The zero-order valence-electron chi connectivity index (χ0n) is 18.9. The highest BCUT2D eigenvalue weighted by Gasteiger charge is 2.13. The molecular weight excluding hydrogens is 416 g/mol. The molecule has 6 heteroatoms. The lowest BCUT2D eigenvalue weighted by Gasteiger charge is -2.12. The average molecular weight is 440 g/mol. The van der Waals surface area contributed by atoms with Crippen molar-refractivity contribution in [3.05, 3.63) is 94.1 Å². The van der Waals surface area contributed by atoms with Crippen molar-refractivity contribution < 1.29 is 19.1 Å². The third-order valence-corrected chi connectivity index (χ3v) is 5.01. The molecule has 0 saturated heterocycles. The molecule has 0 atom stereocenters. The maximum atomic E-state index is 12.7. The fourth-order valence-electron chi connectivity index (χ4n) is 3.40. The molecule has 0 heterocycles. The van der Waals surface area contributed by atoms with Gasteiger partial charge >= 0.3 is 5.97 Å². The van der Waals surface area contributed by atoms with Gasteiger partial charge in [0.05, 0.1) is 12.7 Å². The van der Waals surface area contributed by atoms with E-state index in [-0.39, 0.29) is 5.57 Å². The van der Waals surface area contributed by atoms with E-state index in [4.69, 9.17) is 9.47 Å².